The molecule has 3 aromatic rings. The minimum absolute atomic E-state index is 0.396. The SMILES string of the molecule is COc1ccc(Cn2nnnc2-c2ccc(C(F)(F)F)cc2)cc1. The molecule has 0 amide bonds. The van der Waals surface area contributed by atoms with Gasteiger partial charge in [0, 0.05) is 5.56 Å². The minimum Gasteiger partial charge on any atom is -0.497 e. The van der Waals surface area contributed by atoms with Crippen LogP contribution >= 0.6 is 0 Å². The molecule has 0 aliphatic heterocycles. The highest BCUT2D eigenvalue weighted by molar-refractivity contribution is 5.55. The van der Waals surface area contributed by atoms with E-state index in [4.69, 9.17) is 4.74 Å². The van der Waals surface area contributed by atoms with E-state index in [9.17, 15) is 13.2 Å². The Morgan fingerprint density at radius 2 is 1.67 bits per heavy atom. The van der Waals surface area contributed by atoms with E-state index in [0.717, 1.165) is 23.4 Å². The first-order valence-electron chi connectivity index (χ1n) is 7.04. The highest BCUT2D eigenvalue weighted by atomic mass is 19.4. The number of ether oxygens (including phenoxy) is 1. The molecule has 0 aliphatic rings. The Kier molecular flexibility index (Phi) is 4.20. The molecule has 0 spiro atoms. The monoisotopic (exact) mass is 334 g/mol. The zero-order valence-corrected chi connectivity index (χ0v) is 12.7. The van der Waals surface area contributed by atoms with Gasteiger partial charge < -0.3 is 4.74 Å². The largest absolute Gasteiger partial charge is 0.497 e. The molecule has 2 aromatic carbocycles. The summed E-state index contributed by atoms with van der Waals surface area (Å²) in [5.41, 5.74) is 0.748. The summed E-state index contributed by atoms with van der Waals surface area (Å²) in [6.45, 7) is 0.396. The van der Waals surface area contributed by atoms with E-state index in [-0.39, 0.29) is 0 Å². The average molecular weight is 334 g/mol. The summed E-state index contributed by atoms with van der Waals surface area (Å²) in [4.78, 5) is 0. The second-order valence-electron chi connectivity index (χ2n) is 5.08. The molecule has 1 aromatic heterocycles. The summed E-state index contributed by atoms with van der Waals surface area (Å²) in [7, 11) is 1.58. The van der Waals surface area contributed by atoms with Crippen LogP contribution in [0.15, 0.2) is 48.5 Å². The fourth-order valence-electron chi connectivity index (χ4n) is 2.23. The van der Waals surface area contributed by atoms with Crippen LogP contribution in [0.1, 0.15) is 11.1 Å². The van der Waals surface area contributed by atoms with Crippen molar-refractivity contribution >= 4 is 0 Å². The maximum absolute atomic E-state index is 12.6. The van der Waals surface area contributed by atoms with Crippen molar-refractivity contribution in [3.05, 3.63) is 59.7 Å². The number of hydrogen-bond donors (Lipinski definition) is 0. The summed E-state index contributed by atoms with van der Waals surface area (Å²) in [6.07, 6.45) is -4.37. The number of benzene rings is 2. The molecule has 5 nitrogen and oxygen atoms in total. The smallest absolute Gasteiger partial charge is 0.416 e. The van der Waals surface area contributed by atoms with Gasteiger partial charge in [0.05, 0.1) is 19.2 Å². The van der Waals surface area contributed by atoms with Gasteiger partial charge in [-0.25, -0.2) is 4.68 Å². The molecule has 0 radical (unpaired) electrons. The van der Waals surface area contributed by atoms with Crippen molar-refractivity contribution in [2.45, 2.75) is 12.7 Å². The second-order valence-corrected chi connectivity index (χ2v) is 5.08. The molecular weight excluding hydrogens is 321 g/mol. The maximum Gasteiger partial charge on any atom is 0.416 e. The van der Waals surface area contributed by atoms with Gasteiger partial charge in [0.25, 0.3) is 0 Å². The number of halogens is 3. The lowest BCUT2D eigenvalue weighted by Crippen LogP contribution is -2.06. The van der Waals surface area contributed by atoms with Crippen LogP contribution in [0, 0.1) is 0 Å². The van der Waals surface area contributed by atoms with Crippen LogP contribution < -0.4 is 4.74 Å². The molecule has 0 N–H and O–H groups in total. The first-order valence-corrected chi connectivity index (χ1v) is 7.04. The van der Waals surface area contributed by atoms with E-state index < -0.39 is 11.7 Å². The Balaban J connectivity index is 1.84. The molecule has 3 rings (SSSR count). The molecule has 0 bridgehead atoms. The molecule has 0 fully saturated rings. The van der Waals surface area contributed by atoms with Crippen LogP contribution in [0.3, 0.4) is 0 Å². The van der Waals surface area contributed by atoms with E-state index in [2.05, 4.69) is 15.5 Å². The Morgan fingerprint density at radius 3 is 2.25 bits per heavy atom. The molecular formula is C16H13F3N4O. The van der Waals surface area contributed by atoms with Crippen molar-refractivity contribution in [2.24, 2.45) is 0 Å². The molecule has 124 valence electrons. The number of rotatable bonds is 4. The highest BCUT2D eigenvalue weighted by Gasteiger charge is 2.30. The minimum atomic E-state index is -4.37. The Hall–Kier alpha value is -2.90. The van der Waals surface area contributed by atoms with E-state index in [1.54, 1.807) is 7.11 Å². The van der Waals surface area contributed by atoms with Gasteiger partial charge in [-0.2, -0.15) is 13.2 Å². The van der Waals surface area contributed by atoms with Crippen molar-refractivity contribution in [1.82, 2.24) is 20.2 Å². The van der Waals surface area contributed by atoms with Gasteiger partial charge in [0.15, 0.2) is 5.82 Å². The van der Waals surface area contributed by atoms with Gasteiger partial charge in [-0.3, -0.25) is 0 Å². The van der Waals surface area contributed by atoms with Crippen LogP contribution in [0.25, 0.3) is 11.4 Å². The molecule has 0 saturated heterocycles. The molecule has 0 atom stereocenters. The van der Waals surface area contributed by atoms with Crippen LogP contribution in [0.5, 0.6) is 5.75 Å². The zero-order chi connectivity index (χ0) is 17.2. The topological polar surface area (TPSA) is 52.8 Å². The van der Waals surface area contributed by atoms with Crippen molar-refractivity contribution in [3.8, 4) is 17.1 Å². The molecule has 0 aliphatic carbocycles. The van der Waals surface area contributed by atoms with E-state index >= 15 is 0 Å². The van der Waals surface area contributed by atoms with Gasteiger partial charge in [0.2, 0.25) is 0 Å². The van der Waals surface area contributed by atoms with E-state index in [1.807, 2.05) is 24.3 Å². The number of tetrazole rings is 1. The number of hydrogen-bond acceptors (Lipinski definition) is 4. The Labute approximate surface area is 135 Å². The van der Waals surface area contributed by atoms with Crippen LogP contribution in [-0.2, 0) is 12.7 Å². The van der Waals surface area contributed by atoms with Gasteiger partial charge >= 0.3 is 6.18 Å². The van der Waals surface area contributed by atoms with Crippen LogP contribution in [0.4, 0.5) is 13.2 Å². The molecule has 24 heavy (non-hydrogen) atoms. The summed E-state index contributed by atoms with van der Waals surface area (Å²) in [6, 6.07) is 12.1. The van der Waals surface area contributed by atoms with Gasteiger partial charge in [-0.05, 0) is 40.3 Å². The third-order valence-electron chi connectivity index (χ3n) is 3.49. The van der Waals surface area contributed by atoms with Crippen molar-refractivity contribution in [2.75, 3.05) is 7.11 Å². The van der Waals surface area contributed by atoms with E-state index in [0.29, 0.717) is 17.9 Å². The summed E-state index contributed by atoms with van der Waals surface area (Å²) >= 11 is 0. The molecule has 0 unspecified atom stereocenters. The first kappa shape index (κ1) is 16.0. The maximum atomic E-state index is 12.6. The average Bonchev–Trinajstić information content (AvgIpc) is 3.03. The van der Waals surface area contributed by atoms with Crippen LogP contribution in [0.2, 0.25) is 0 Å². The standard InChI is InChI=1S/C16H13F3N4O/c1-24-14-8-2-11(3-9-14)10-23-15(20-21-22-23)12-4-6-13(7-5-12)16(17,18)19/h2-9H,10H2,1H3. The number of aromatic nitrogens is 4. The lowest BCUT2D eigenvalue weighted by molar-refractivity contribution is -0.137. The third-order valence-corrected chi connectivity index (χ3v) is 3.49. The van der Waals surface area contributed by atoms with Gasteiger partial charge in [0.1, 0.15) is 5.75 Å². The number of alkyl halides is 3. The van der Waals surface area contributed by atoms with Crippen molar-refractivity contribution in [3.63, 3.8) is 0 Å². The first-order chi connectivity index (χ1) is 11.5. The number of methoxy groups -OCH3 is 1. The van der Waals surface area contributed by atoms with Gasteiger partial charge in [-0.15, -0.1) is 5.10 Å². The predicted octanol–water partition coefficient (Wildman–Crippen LogP) is 3.42. The highest BCUT2D eigenvalue weighted by Crippen LogP contribution is 2.30. The summed E-state index contributed by atoms with van der Waals surface area (Å²) < 4.78 is 44.5. The Morgan fingerprint density at radius 1 is 1.00 bits per heavy atom. The van der Waals surface area contributed by atoms with E-state index in [1.165, 1.54) is 16.8 Å². The predicted molar refractivity (Wildman–Crippen MR) is 80.4 cm³/mol. The van der Waals surface area contributed by atoms with Gasteiger partial charge in [-0.1, -0.05) is 24.3 Å². The fraction of sp³-hybridized carbons (Fsp3) is 0.188. The Bertz CT molecular complexity index is 811. The zero-order valence-electron chi connectivity index (χ0n) is 12.7. The second kappa shape index (κ2) is 6.31. The van der Waals surface area contributed by atoms with Crippen molar-refractivity contribution in [1.29, 1.82) is 0 Å². The lowest BCUT2D eigenvalue weighted by atomic mass is 10.1. The normalized spacial score (nSPS) is 11.5. The molecule has 1 heterocycles. The number of nitrogens with zero attached hydrogens (tertiary/aromatic N) is 4. The summed E-state index contributed by atoms with van der Waals surface area (Å²) in [5.74, 6) is 1.14. The fourth-order valence-corrected chi connectivity index (χ4v) is 2.23. The quantitative estimate of drug-likeness (QED) is 0.734. The molecule has 8 heteroatoms. The molecule has 0 saturated carbocycles. The van der Waals surface area contributed by atoms with Crippen molar-refractivity contribution < 1.29 is 17.9 Å². The lowest BCUT2D eigenvalue weighted by Gasteiger charge is -2.08. The van der Waals surface area contributed by atoms with Crippen LogP contribution in [-0.4, -0.2) is 27.3 Å². The third kappa shape index (κ3) is 3.37. The summed E-state index contributed by atoms with van der Waals surface area (Å²) in [5, 5.41) is 11.4.